The summed E-state index contributed by atoms with van der Waals surface area (Å²) in [5.74, 6) is 1.34. The molecule has 0 saturated carbocycles. The molecule has 0 aliphatic carbocycles. The summed E-state index contributed by atoms with van der Waals surface area (Å²) < 4.78 is 24.0. The van der Waals surface area contributed by atoms with Gasteiger partial charge < -0.3 is 9.15 Å². The zero-order chi connectivity index (χ0) is 20.9. The quantitative estimate of drug-likeness (QED) is 0.576. The number of aromatic nitrogens is 1. The molecule has 3 aromatic rings. The third-order valence-corrected chi connectivity index (χ3v) is 5.92. The van der Waals surface area contributed by atoms with Gasteiger partial charge in [-0.1, -0.05) is 6.92 Å². The second-order valence-corrected chi connectivity index (χ2v) is 8.42. The Morgan fingerprint density at radius 1 is 1.27 bits per heavy atom. The van der Waals surface area contributed by atoms with E-state index in [4.69, 9.17) is 9.15 Å². The van der Waals surface area contributed by atoms with Crippen LogP contribution in [0, 0.1) is 11.7 Å². The van der Waals surface area contributed by atoms with Crippen LogP contribution in [0.25, 0.3) is 0 Å². The maximum Gasteiger partial charge on any atom is 0.293 e. The monoisotopic (exact) mass is 429 g/mol. The molecule has 2 aromatic heterocycles. The fourth-order valence-electron chi connectivity index (χ4n) is 3.31. The van der Waals surface area contributed by atoms with E-state index in [9.17, 15) is 9.18 Å². The summed E-state index contributed by atoms with van der Waals surface area (Å²) >= 11 is 1.41. The lowest BCUT2D eigenvalue weighted by atomic mass is 9.99. The molecule has 30 heavy (non-hydrogen) atoms. The summed E-state index contributed by atoms with van der Waals surface area (Å²) in [7, 11) is 0. The topological polar surface area (TPSA) is 67.6 Å². The molecule has 1 amide bonds. The average molecular weight is 430 g/mol. The molecule has 3 heterocycles. The van der Waals surface area contributed by atoms with Crippen molar-refractivity contribution < 1.29 is 18.3 Å². The predicted octanol–water partition coefficient (Wildman–Crippen LogP) is 4.94. The van der Waals surface area contributed by atoms with Gasteiger partial charge in [-0.25, -0.2) is 9.37 Å². The van der Waals surface area contributed by atoms with Crippen molar-refractivity contribution in [3.8, 4) is 5.75 Å². The number of rotatable bonds is 7. The number of carbonyl (C=O) groups excluding carboxylic acids is 1. The first kappa shape index (κ1) is 20.6. The van der Waals surface area contributed by atoms with Crippen LogP contribution in [0.2, 0.25) is 0 Å². The summed E-state index contributed by atoms with van der Waals surface area (Å²) in [5, 5.41) is 5.33. The molecule has 1 saturated heterocycles. The van der Waals surface area contributed by atoms with Gasteiger partial charge in [0.2, 0.25) is 0 Å². The zero-order valence-corrected chi connectivity index (χ0v) is 17.6. The zero-order valence-electron chi connectivity index (χ0n) is 16.8. The Kier molecular flexibility index (Phi) is 6.44. The first-order valence-corrected chi connectivity index (χ1v) is 10.9. The van der Waals surface area contributed by atoms with Crippen LogP contribution in [0.15, 0.2) is 46.2 Å². The van der Waals surface area contributed by atoms with Gasteiger partial charge in [0.15, 0.2) is 10.9 Å². The van der Waals surface area contributed by atoms with Crippen molar-refractivity contribution in [2.75, 3.05) is 18.4 Å². The van der Waals surface area contributed by atoms with E-state index in [1.807, 2.05) is 5.38 Å². The standard InChI is InChI=1S/C22H24FN3O3S/c1-15-8-10-26(11-9-15)12-17-14-30-22(24-17)25-21(27)20-7-6-19(29-20)13-28-18-4-2-16(23)3-5-18/h2-7,14-15H,8-13H2,1H3,(H,24,25,27). The molecule has 1 aromatic carbocycles. The lowest BCUT2D eigenvalue weighted by Gasteiger charge is -2.29. The predicted molar refractivity (Wildman–Crippen MR) is 113 cm³/mol. The highest BCUT2D eigenvalue weighted by Crippen LogP contribution is 2.22. The number of hydrogen-bond acceptors (Lipinski definition) is 6. The van der Waals surface area contributed by atoms with Gasteiger partial charge in [-0.15, -0.1) is 11.3 Å². The summed E-state index contributed by atoms with van der Waals surface area (Å²) in [5.41, 5.74) is 0.970. The van der Waals surface area contributed by atoms with Crippen LogP contribution in [-0.4, -0.2) is 28.9 Å². The number of benzene rings is 1. The van der Waals surface area contributed by atoms with Crippen LogP contribution in [0.1, 0.15) is 41.8 Å². The van der Waals surface area contributed by atoms with Gasteiger partial charge in [0.1, 0.15) is 23.9 Å². The van der Waals surface area contributed by atoms with E-state index in [1.54, 1.807) is 12.1 Å². The SMILES string of the molecule is CC1CCN(Cc2csc(NC(=O)c3ccc(COc4ccc(F)cc4)o3)n2)CC1. The fraction of sp³-hybridized carbons (Fsp3) is 0.364. The minimum absolute atomic E-state index is 0.148. The Balaban J connectivity index is 1.28. The van der Waals surface area contributed by atoms with Crippen LogP contribution in [0.3, 0.4) is 0 Å². The second kappa shape index (κ2) is 9.40. The number of nitrogens with zero attached hydrogens (tertiary/aromatic N) is 2. The van der Waals surface area contributed by atoms with E-state index < -0.39 is 0 Å². The summed E-state index contributed by atoms with van der Waals surface area (Å²) in [6, 6.07) is 9.01. The Bertz CT molecular complexity index is 978. The molecule has 1 N–H and O–H groups in total. The van der Waals surface area contributed by atoms with Crippen LogP contribution >= 0.6 is 11.3 Å². The van der Waals surface area contributed by atoms with Gasteiger partial charge in [-0.05, 0) is 68.2 Å². The van der Waals surface area contributed by atoms with E-state index >= 15 is 0 Å². The number of hydrogen-bond donors (Lipinski definition) is 1. The van der Waals surface area contributed by atoms with E-state index in [0.29, 0.717) is 16.6 Å². The van der Waals surface area contributed by atoms with Crippen molar-refractivity contribution >= 4 is 22.4 Å². The number of furan rings is 1. The number of ether oxygens (including phenoxy) is 1. The van der Waals surface area contributed by atoms with Crippen LogP contribution in [0.4, 0.5) is 9.52 Å². The highest BCUT2D eigenvalue weighted by atomic mass is 32.1. The first-order chi connectivity index (χ1) is 14.5. The third kappa shape index (κ3) is 5.46. The largest absolute Gasteiger partial charge is 0.486 e. The number of nitrogens with one attached hydrogen (secondary N) is 1. The molecule has 158 valence electrons. The molecule has 1 aliphatic heterocycles. The third-order valence-electron chi connectivity index (χ3n) is 5.11. The van der Waals surface area contributed by atoms with Crippen LogP contribution in [0.5, 0.6) is 5.75 Å². The fourth-order valence-corrected chi connectivity index (χ4v) is 4.00. The number of carbonyl (C=O) groups is 1. The van der Waals surface area contributed by atoms with Crippen molar-refractivity contribution in [2.24, 2.45) is 5.92 Å². The van der Waals surface area contributed by atoms with Gasteiger partial charge in [0, 0.05) is 11.9 Å². The number of likely N-dealkylation sites (tertiary alicyclic amines) is 1. The lowest BCUT2D eigenvalue weighted by Crippen LogP contribution is -2.32. The summed E-state index contributed by atoms with van der Waals surface area (Å²) in [4.78, 5) is 19.4. The molecule has 1 aliphatic rings. The van der Waals surface area contributed by atoms with Gasteiger partial charge in [-0.3, -0.25) is 15.0 Å². The first-order valence-electron chi connectivity index (χ1n) is 10.0. The molecule has 0 bridgehead atoms. The molecule has 4 rings (SSSR count). The van der Waals surface area contributed by atoms with Gasteiger partial charge >= 0.3 is 0 Å². The van der Waals surface area contributed by atoms with E-state index in [-0.39, 0.29) is 24.1 Å². The second-order valence-electron chi connectivity index (χ2n) is 7.57. The van der Waals surface area contributed by atoms with Gasteiger partial charge in [0.25, 0.3) is 5.91 Å². The minimum atomic E-state index is -0.351. The lowest BCUT2D eigenvalue weighted by molar-refractivity contribution is 0.0992. The van der Waals surface area contributed by atoms with Crippen LogP contribution < -0.4 is 10.1 Å². The Hall–Kier alpha value is -2.71. The number of amides is 1. The maximum absolute atomic E-state index is 12.9. The highest BCUT2D eigenvalue weighted by molar-refractivity contribution is 7.13. The number of piperidine rings is 1. The molecule has 0 unspecified atom stereocenters. The normalized spacial score (nSPS) is 15.3. The molecule has 6 nitrogen and oxygen atoms in total. The molecular formula is C22H24FN3O3S. The molecule has 0 atom stereocenters. The molecule has 8 heteroatoms. The Morgan fingerprint density at radius 2 is 2.03 bits per heavy atom. The molecular weight excluding hydrogens is 405 g/mol. The number of anilines is 1. The number of halogens is 1. The highest BCUT2D eigenvalue weighted by Gasteiger charge is 2.18. The molecule has 0 spiro atoms. The minimum Gasteiger partial charge on any atom is -0.486 e. The van der Waals surface area contributed by atoms with Gasteiger partial charge in [-0.2, -0.15) is 0 Å². The average Bonchev–Trinajstić information content (AvgIpc) is 3.39. The maximum atomic E-state index is 12.9. The van der Waals surface area contributed by atoms with Crippen molar-refractivity contribution in [1.82, 2.24) is 9.88 Å². The van der Waals surface area contributed by atoms with Gasteiger partial charge in [0.05, 0.1) is 5.69 Å². The van der Waals surface area contributed by atoms with Crippen molar-refractivity contribution in [1.29, 1.82) is 0 Å². The Morgan fingerprint density at radius 3 is 2.80 bits per heavy atom. The van der Waals surface area contributed by atoms with Crippen molar-refractivity contribution in [3.05, 3.63) is 64.8 Å². The summed E-state index contributed by atoms with van der Waals surface area (Å²) in [6.45, 7) is 5.44. The van der Waals surface area contributed by atoms with E-state index in [1.165, 1.54) is 48.4 Å². The van der Waals surface area contributed by atoms with Crippen LogP contribution in [-0.2, 0) is 13.2 Å². The molecule has 1 fully saturated rings. The molecule has 0 radical (unpaired) electrons. The number of thiazole rings is 1. The smallest absolute Gasteiger partial charge is 0.293 e. The van der Waals surface area contributed by atoms with E-state index in [0.717, 1.165) is 31.2 Å². The van der Waals surface area contributed by atoms with E-state index in [2.05, 4.69) is 22.1 Å². The van der Waals surface area contributed by atoms with Crippen molar-refractivity contribution in [2.45, 2.75) is 32.9 Å². The summed E-state index contributed by atoms with van der Waals surface area (Å²) in [6.07, 6.45) is 2.44. The Labute approximate surface area is 178 Å². The van der Waals surface area contributed by atoms with Crippen molar-refractivity contribution in [3.63, 3.8) is 0 Å².